The van der Waals surface area contributed by atoms with Crippen LogP contribution in [0, 0.1) is 11.7 Å². The summed E-state index contributed by atoms with van der Waals surface area (Å²) < 4.78 is 13.7. The molecule has 158 valence electrons. The van der Waals surface area contributed by atoms with E-state index in [1.807, 2.05) is 6.07 Å². The molecular formula is C19H30ClFIN5O. The van der Waals surface area contributed by atoms with Crippen molar-refractivity contribution in [3.8, 4) is 0 Å². The van der Waals surface area contributed by atoms with Crippen LogP contribution in [-0.2, 0) is 4.79 Å². The first kappa shape index (κ1) is 24.7. The third kappa shape index (κ3) is 7.62. The first-order chi connectivity index (χ1) is 12.8. The van der Waals surface area contributed by atoms with E-state index in [9.17, 15) is 9.18 Å². The fourth-order valence-corrected chi connectivity index (χ4v) is 2.85. The van der Waals surface area contributed by atoms with Crippen LogP contribution >= 0.6 is 35.6 Å². The number of carbonyl (C=O) groups is 1. The maximum absolute atomic E-state index is 13.7. The van der Waals surface area contributed by atoms with Crippen molar-refractivity contribution >= 4 is 53.1 Å². The van der Waals surface area contributed by atoms with Crippen molar-refractivity contribution in [2.45, 2.75) is 26.3 Å². The molecule has 1 heterocycles. The Morgan fingerprint density at radius 3 is 2.75 bits per heavy atom. The SMILES string of the molecule is CC(C)CNC(=NCC(=O)N(C)C)NC1CCN(c2ccc(Cl)c(F)c2)C1.I. The van der Waals surface area contributed by atoms with E-state index in [-0.39, 0.29) is 47.5 Å². The van der Waals surface area contributed by atoms with Crippen LogP contribution in [0.2, 0.25) is 5.02 Å². The molecule has 1 fully saturated rings. The molecule has 0 aromatic heterocycles. The Morgan fingerprint density at radius 1 is 1.43 bits per heavy atom. The number of hydrogen-bond acceptors (Lipinski definition) is 3. The van der Waals surface area contributed by atoms with Crippen LogP contribution in [0.15, 0.2) is 23.2 Å². The number of amides is 1. The quantitative estimate of drug-likeness (QED) is 0.341. The van der Waals surface area contributed by atoms with Gasteiger partial charge in [-0.05, 0) is 30.5 Å². The van der Waals surface area contributed by atoms with Crippen molar-refractivity contribution in [1.29, 1.82) is 0 Å². The van der Waals surface area contributed by atoms with E-state index in [0.29, 0.717) is 11.9 Å². The van der Waals surface area contributed by atoms with Gasteiger partial charge < -0.3 is 20.4 Å². The first-order valence-corrected chi connectivity index (χ1v) is 9.59. The average Bonchev–Trinajstić information content (AvgIpc) is 3.07. The zero-order valence-corrected chi connectivity index (χ0v) is 19.9. The molecule has 1 aromatic carbocycles. The zero-order valence-electron chi connectivity index (χ0n) is 16.8. The predicted octanol–water partition coefficient (Wildman–Crippen LogP) is 2.96. The molecule has 9 heteroatoms. The van der Waals surface area contributed by atoms with Crippen LogP contribution in [0.25, 0.3) is 0 Å². The molecule has 0 radical (unpaired) electrons. The molecule has 0 aliphatic carbocycles. The molecule has 1 saturated heterocycles. The standard InChI is InChI=1S/C19H29ClFN5O.HI/c1-13(2)10-22-19(23-11-18(27)25(3)4)24-14-7-8-26(12-14)15-5-6-16(20)17(21)9-15;/h5-6,9,13-14H,7-8,10-12H2,1-4H3,(H2,22,23,24);1H. The average molecular weight is 526 g/mol. The highest BCUT2D eigenvalue weighted by molar-refractivity contribution is 14.0. The minimum absolute atomic E-state index is 0. The number of benzene rings is 1. The van der Waals surface area contributed by atoms with E-state index in [2.05, 4.69) is 34.4 Å². The molecular weight excluding hydrogens is 496 g/mol. The summed E-state index contributed by atoms with van der Waals surface area (Å²) in [7, 11) is 3.43. The zero-order chi connectivity index (χ0) is 20.0. The van der Waals surface area contributed by atoms with Gasteiger partial charge in [-0.3, -0.25) is 4.79 Å². The van der Waals surface area contributed by atoms with E-state index in [4.69, 9.17) is 11.6 Å². The Labute approximate surface area is 188 Å². The highest BCUT2D eigenvalue weighted by atomic mass is 127. The van der Waals surface area contributed by atoms with E-state index in [1.54, 1.807) is 20.2 Å². The number of carbonyl (C=O) groups excluding carboxylic acids is 1. The highest BCUT2D eigenvalue weighted by Gasteiger charge is 2.24. The second kappa shape index (κ2) is 11.6. The molecule has 1 aromatic rings. The predicted molar refractivity (Wildman–Crippen MR) is 124 cm³/mol. The normalized spacial score (nSPS) is 16.8. The Kier molecular flexibility index (Phi) is 10.3. The van der Waals surface area contributed by atoms with Crippen LogP contribution in [0.3, 0.4) is 0 Å². The van der Waals surface area contributed by atoms with E-state index < -0.39 is 5.82 Å². The van der Waals surface area contributed by atoms with Gasteiger partial charge in [-0.2, -0.15) is 0 Å². The van der Waals surface area contributed by atoms with Gasteiger partial charge in [-0.1, -0.05) is 25.4 Å². The molecule has 0 saturated carbocycles. The molecule has 28 heavy (non-hydrogen) atoms. The highest BCUT2D eigenvalue weighted by Crippen LogP contribution is 2.25. The lowest BCUT2D eigenvalue weighted by Gasteiger charge is -2.21. The van der Waals surface area contributed by atoms with Gasteiger partial charge >= 0.3 is 0 Å². The molecule has 2 rings (SSSR count). The number of hydrogen-bond donors (Lipinski definition) is 2. The number of guanidine groups is 1. The number of anilines is 1. The van der Waals surface area contributed by atoms with Crippen LogP contribution in [0.4, 0.5) is 10.1 Å². The number of likely N-dealkylation sites (N-methyl/N-ethyl adjacent to an activating group) is 1. The molecule has 1 amide bonds. The van der Waals surface area contributed by atoms with E-state index >= 15 is 0 Å². The van der Waals surface area contributed by atoms with E-state index in [0.717, 1.165) is 31.7 Å². The number of nitrogens with zero attached hydrogens (tertiary/aromatic N) is 3. The Bertz CT molecular complexity index is 686. The Hall–Kier alpha value is -1.29. The minimum Gasteiger partial charge on any atom is -0.369 e. The summed E-state index contributed by atoms with van der Waals surface area (Å²) >= 11 is 5.77. The van der Waals surface area contributed by atoms with Gasteiger partial charge in [0.25, 0.3) is 0 Å². The minimum atomic E-state index is -0.409. The third-order valence-corrected chi connectivity index (χ3v) is 4.65. The summed E-state index contributed by atoms with van der Waals surface area (Å²) in [6, 6.07) is 5.04. The summed E-state index contributed by atoms with van der Waals surface area (Å²) in [5, 5.41) is 6.81. The lowest BCUT2D eigenvalue weighted by molar-refractivity contribution is -0.127. The molecule has 1 aliphatic heterocycles. The van der Waals surface area contributed by atoms with Gasteiger partial charge in [0.15, 0.2) is 5.96 Å². The summed E-state index contributed by atoms with van der Waals surface area (Å²) in [6.07, 6.45) is 0.897. The van der Waals surface area contributed by atoms with E-state index in [1.165, 1.54) is 11.0 Å². The Balaban J connectivity index is 0.00000392. The fraction of sp³-hybridized carbons (Fsp3) is 0.579. The number of rotatable bonds is 6. The van der Waals surface area contributed by atoms with Crippen molar-refractivity contribution in [2.75, 3.05) is 45.2 Å². The van der Waals surface area contributed by atoms with Crippen LogP contribution < -0.4 is 15.5 Å². The fourth-order valence-electron chi connectivity index (χ4n) is 2.73. The van der Waals surface area contributed by atoms with Crippen molar-refractivity contribution < 1.29 is 9.18 Å². The van der Waals surface area contributed by atoms with Crippen molar-refractivity contribution in [3.05, 3.63) is 29.0 Å². The van der Waals surface area contributed by atoms with Gasteiger partial charge in [0, 0.05) is 45.5 Å². The van der Waals surface area contributed by atoms with Crippen molar-refractivity contribution in [2.24, 2.45) is 10.9 Å². The molecule has 0 bridgehead atoms. The third-order valence-electron chi connectivity index (χ3n) is 4.35. The maximum atomic E-state index is 13.7. The van der Waals surface area contributed by atoms with Crippen molar-refractivity contribution in [1.82, 2.24) is 15.5 Å². The first-order valence-electron chi connectivity index (χ1n) is 9.21. The summed E-state index contributed by atoms with van der Waals surface area (Å²) in [5.41, 5.74) is 0.817. The molecule has 1 atom stereocenters. The van der Waals surface area contributed by atoms with Crippen LogP contribution in [0.5, 0.6) is 0 Å². The second-order valence-electron chi connectivity index (χ2n) is 7.40. The maximum Gasteiger partial charge on any atom is 0.243 e. The number of aliphatic imine (C=N–C) groups is 1. The lowest BCUT2D eigenvalue weighted by atomic mass is 10.2. The molecule has 6 nitrogen and oxygen atoms in total. The van der Waals surface area contributed by atoms with Gasteiger partial charge in [0.1, 0.15) is 12.4 Å². The van der Waals surface area contributed by atoms with Gasteiger partial charge in [0.05, 0.1) is 5.02 Å². The summed E-state index contributed by atoms with van der Waals surface area (Å²) in [5.74, 6) is 0.630. The smallest absolute Gasteiger partial charge is 0.243 e. The molecule has 0 spiro atoms. The summed E-state index contributed by atoms with van der Waals surface area (Å²) in [4.78, 5) is 19.9. The molecule has 1 aliphatic rings. The summed E-state index contributed by atoms with van der Waals surface area (Å²) in [6.45, 7) is 6.63. The van der Waals surface area contributed by atoms with Crippen LogP contribution in [-0.4, -0.2) is 63.1 Å². The molecule has 1 unspecified atom stereocenters. The Morgan fingerprint density at radius 2 is 2.14 bits per heavy atom. The topological polar surface area (TPSA) is 60.0 Å². The van der Waals surface area contributed by atoms with Gasteiger partial charge in [0.2, 0.25) is 5.91 Å². The molecule has 2 N–H and O–H groups in total. The van der Waals surface area contributed by atoms with Gasteiger partial charge in [-0.15, -0.1) is 24.0 Å². The largest absolute Gasteiger partial charge is 0.369 e. The lowest BCUT2D eigenvalue weighted by Crippen LogP contribution is -2.46. The monoisotopic (exact) mass is 525 g/mol. The number of nitrogens with one attached hydrogen (secondary N) is 2. The van der Waals surface area contributed by atoms with Gasteiger partial charge in [-0.25, -0.2) is 9.38 Å². The number of halogens is 3. The second-order valence-corrected chi connectivity index (χ2v) is 7.81. The van der Waals surface area contributed by atoms with Crippen LogP contribution in [0.1, 0.15) is 20.3 Å². The van der Waals surface area contributed by atoms with Crippen molar-refractivity contribution in [3.63, 3.8) is 0 Å².